The third-order valence-corrected chi connectivity index (χ3v) is 6.05. The molecule has 168 valence electrons. The molecule has 0 N–H and O–H groups in total. The van der Waals surface area contributed by atoms with Gasteiger partial charge in [0.15, 0.2) is 0 Å². The number of aryl methyl sites for hydroxylation is 1. The Morgan fingerprint density at radius 2 is 1.90 bits per heavy atom. The molecule has 1 aromatic carbocycles. The van der Waals surface area contributed by atoms with Gasteiger partial charge in [0.2, 0.25) is 0 Å². The van der Waals surface area contributed by atoms with E-state index in [-0.39, 0.29) is 6.09 Å². The van der Waals surface area contributed by atoms with Crippen LogP contribution in [0.15, 0.2) is 18.2 Å². The Labute approximate surface area is 182 Å². The topological polar surface area (TPSA) is 48.0 Å². The van der Waals surface area contributed by atoms with Crippen molar-refractivity contribution < 1.29 is 19.0 Å². The smallest absolute Gasteiger partial charge is 0.410 e. The van der Waals surface area contributed by atoms with Crippen LogP contribution in [0, 0.1) is 5.92 Å². The lowest BCUT2D eigenvalue weighted by Gasteiger charge is -2.33. The zero-order valence-corrected chi connectivity index (χ0v) is 19.2. The molecule has 1 aromatic rings. The summed E-state index contributed by atoms with van der Waals surface area (Å²) in [6, 6.07) is 6.53. The first-order valence-corrected chi connectivity index (χ1v) is 11.7. The summed E-state index contributed by atoms with van der Waals surface area (Å²) >= 11 is 0. The number of hydrogen-bond acceptors (Lipinski definition) is 4. The highest BCUT2D eigenvalue weighted by molar-refractivity contribution is 5.68. The Balaban J connectivity index is 1.34. The van der Waals surface area contributed by atoms with Crippen LogP contribution in [0.25, 0.3) is 0 Å². The maximum absolute atomic E-state index is 12.2. The summed E-state index contributed by atoms with van der Waals surface area (Å²) in [7, 11) is 0. The highest BCUT2D eigenvalue weighted by atomic mass is 16.6. The van der Waals surface area contributed by atoms with Crippen LogP contribution in [-0.2, 0) is 22.3 Å². The average Bonchev–Trinajstić information content (AvgIpc) is 2.70. The number of rotatable bonds is 7. The number of ether oxygens (including phenoxy) is 3. The van der Waals surface area contributed by atoms with Crippen molar-refractivity contribution in [3.8, 4) is 5.75 Å². The van der Waals surface area contributed by atoms with Crippen LogP contribution >= 0.6 is 0 Å². The number of hydrogen-bond donors (Lipinski definition) is 0. The Morgan fingerprint density at radius 3 is 2.60 bits per heavy atom. The normalized spacial score (nSPS) is 20.0. The minimum absolute atomic E-state index is 0.177. The van der Waals surface area contributed by atoms with Gasteiger partial charge in [-0.2, -0.15) is 0 Å². The molecule has 1 fully saturated rings. The summed E-state index contributed by atoms with van der Waals surface area (Å²) in [6.07, 6.45) is 7.72. The van der Waals surface area contributed by atoms with Gasteiger partial charge in [0.05, 0.1) is 12.7 Å². The standard InChI is InChI=1S/C25H39NO4/c1-5-28-22-10-8-21-18-23(11-9-20(21)17-22)29-16-6-7-19-12-14-26(15-13-19)24(27)30-25(2,3)4/h9,11,18-19,22H,5-8,10,12-17H2,1-4H3. The van der Waals surface area contributed by atoms with E-state index in [0.29, 0.717) is 12.0 Å². The molecule has 5 nitrogen and oxygen atoms in total. The molecule has 2 aliphatic rings. The second-order valence-corrected chi connectivity index (χ2v) is 9.65. The molecule has 0 spiro atoms. The van der Waals surface area contributed by atoms with E-state index < -0.39 is 5.60 Å². The molecule has 1 amide bonds. The van der Waals surface area contributed by atoms with Crippen LogP contribution in [-0.4, -0.2) is 49.0 Å². The quantitative estimate of drug-likeness (QED) is 0.558. The highest BCUT2D eigenvalue weighted by Crippen LogP contribution is 2.28. The number of nitrogens with zero attached hydrogens (tertiary/aromatic N) is 1. The summed E-state index contributed by atoms with van der Waals surface area (Å²) in [4.78, 5) is 14.0. The predicted octanol–water partition coefficient (Wildman–Crippen LogP) is 5.39. The molecule has 1 unspecified atom stereocenters. The lowest BCUT2D eigenvalue weighted by molar-refractivity contribution is 0.0179. The molecule has 1 aliphatic heterocycles. The van der Waals surface area contributed by atoms with Gasteiger partial charge in [-0.25, -0.2) is 4.79 Å². The van der Waals surface area contributed by atoms with Crippen LogP contribution in [0.3, 0.4) is 0 Å². The molecule has 5 heteroatoms. The van der Waals surface area contributed by atoms with Crippen molar-refractivity contribution in [3.05, 3.63) is 29.3 Å². The highest BCUT2D eigenvalue weighted by Gasteiger charge is 2.26. The van der Waals surface area contributed by atoms with Crippen LogP contribution in [0.4, 0.5) is 4.79 Å². The van der Waals surface area contributed by atoms with Crippen molar-refractivity contribution in [2.24, 2.45) is 5.92 Å². The molecule has 1 heterocycles. The summed E-state index contributed by atoms with van der Waals surface area (Å²) in [6.45, 7) is 11.0. The van der Waals surface area contributed by atoms with Crippen molar-refractivity contribution in [3.63, 3.8) is 0 Å². The minimum Gasteiger partial charge on any atom is -0.494 e. The first-order chi connectivity index (χ1) is 14.3. The number of carbonyl (C=O) groups is 1. The molecule has 0 radical (unpaired) electrons. The second-order valence-electron chi connectivity index (χ2n) is 9.65. The fourth-order valence-electron chi connectivity index (χ4n) is 4.46. The van der Waals surface area contributed by atoms with Crippen molar-refractivity contribution in [2.45, 2.75) is 84.3 Å². The monoisotopic (exact) mass is 417 g/mol. The van der Waals surface area contributed by atoms with Gasteiger partial charge in [0, 0.05) is 19.7 Å². The van der Waals surface area contributed by atoms with E-state index in [9.17, 15) is 4.79 Å². The van der Waals surface area contributed by atoms with E-state index in [1.165, 1.54) is 11.1 Å². The molecule has 0 saturated carbocycles. The van der Waals surface area contributed by atoms with Crippen LogP contribution in [0.1, 0.15) is 70.9 Å². The summed E-state index contributed by atoms with van der Waals surface area (Å²) in [5, 5.41) is 0. The van der Waals surface area contributed by atoms with Crippen LogP contribution < -0.4 is 4.74 Å². The molecular formula is C25H39NO4. The van der Waals surface area contributed by atoms with E-state index in [4.69, 9.17) is 14.2 Å². The second kappa shape index (κ2) is 10.5. The maximum Gasteiger partial charge on any atom is 0.410 e. The fourth-order valence-corrected chi connectivity index (χ4v) is 4.46. The molecule has 0 bridgehead atoms. The summed E-state index contributed by atoms with van der Waals surface area (Å²) < 4.78 is 17.3. The summed E-state index contributed by atoms with van der Waals surface area (Å²) in [5.74, 6) is 1.66. The van der Waals surface area contributed by atoms with Gasteiger partial charge in [-0.15, -0.1) is 0 Å². The zero-order valence-electron chi connectivity index (χ0n) is 19.2. The van der Waals surface area contributed by atoms with E-state index in [2.05, 4.69) is 25.1 Å². The van der Waals surface area contributed by atoms with Crippen molar-refractivity contribution >= 4 is 6.09 Å². The van der Waals surface area contributed by atoms with E-state index in [1.54, 1.807) is 0 Å². The van der Waals surface area contributed by atoms with Gasteiger partial charge < -0.3 is 19.1 Å². The molecule has 3 rings (SSSR count). The molecule has 1 aliphatic carbocycles. The SMILES string of the molecule is CCOC1CCc2cc(OCCCC3CCN(C(=O)OC(C)(C)C)CC3)ccc2C1. The molecule has 1 saturated heterocycles. The van der Waals surface area contributed by atoms with Crippen molar-refractivity contribution in [1.82, 2.24) is 4.90 Å². The van der Waals surface area contributed by atoms with Gasteiger partial charge >= 0.3 is 6.09 Å². The zero-order chi connectivity index (χ0) is 21.6. The van der Waals surface area contributed by atoms with Crippen LogP contribution in [0.5, 0.6) is 5.75 Å². The molecule has 0 aromatic heterocycles. The fraction of sp³-hybridized carbons (Fsp3) is 0.720. The number of fused-ring (bicyclic) bond motifs is 1. The number of piperidine rings is 1. The van der Waals surface area contributed by atoms with Crippen molar-refractivity contribution in [1.29, 1.82) is 0 Å². The Hall–Kier alpha value is -1.75. The number of benzene rings is 1. The number of likely N-dealkylation sites (tertiary alicyclic amines) is 1. The lowest BCUT2D eigenvalue weighted by atomic mass is 9.89. The van der Waals surface area contributed by atoms with Gasteiger partial charge in [0.1, 0.15) is 11.4 Å². The average molecular weight is 418 g/mol. The Morgan fingerprint density at radius 1 is 1.13 bits per heavy atom. The Bertz CT molecular complexity index is 689. The molecule has 1 atom stereocenters. The van der Waals surface area contributed by atoms with Gasteiger partial charge in [-0.05, 0) is 102 Å². The number of amides is 1. The molecular weight excluding hydrogens is 378 g/mol. The largest absolute Gasteiger partial charge is 0.494 e. The van der Waals surface area contributed by atoms with Gasteiger partial charge in [-0.1, -0.05) is 6.07 Å². The van der Waals surface area contributed by atoms with Gasteiger partial charge in [-0.3, -0.25) is 0 Å². The third kappa shape index (κ3) is 6.90. The number of carbonyl (C=O) groups excluding carboxylic acids is 1. The first kappa shape index (κ1) is 22.9. The van der Waals surface area contributed by atoms with Crippen LogP contribution in [0.2, 0.25) is 0 Å². The predicted molar refractivity (Wildman–Crippen MR) is 119 cm³/mol. The third-order valence-electron chi connectivity index (χ3n) is 6.05. The van der Waals surface area contributed by atoms with E-state index >= 15 is 0 Å². The van der Waals surface area contributed by atoms with E-state index in [0.717, 1.165) is 77.0 Å². The molecule has 30 heavy (non-hydrogen) atoms. The van der Waals surface area contributed by atoms with Crippen molar-refractivity contribution in [2.75, 3.05) is 26.3 Å². The van der Waals surface area contributed by atoms with E-state index in [1.807, 2.05) is 25.7 Å². The van der Waals surface area contributed by atoms with Gasteiger partial charge in [0.25, 0.3) is 0 Å². The Kier molecular flexibility index (Phi) is 8.04. The first-order valence-electron chi connectivity index (χ1n) is 11.7. The lowest BCUT2D eigenvalue weighted by Crippen LogP contribution is -2.41. The summed E-state index contributed by atoms with van der Waals surface area (Å²) in [5.41, 5.74) is 2.40. The maximum atomic E-state index is 12.2. The minimum atomic E-state index is -0.424.